The lowest BCUT2D eigenvalue weighted by Crippen LogP contribution is -2.64. The van der Waals surface area contributed by atoms with Crippen LogP contribution in [0.1, 0.15) is 12.8 Å². The van der Waals surface area contributed by atoms with Gasteiger partial charge in [-0.2, -0.15) is 4.31 Å². The summed E-state index contributed by atoms with van der Waals surface area (Å²) >= 11 is 0. The molecule has 2 aliphatic rings. The molecule has 2 heterocycles. The van der Waals surface area contributed by atoms with Gasteiger partial charge in [-0.3, -0.25) is 0 Å². The minimum atomic E-state index is -3.41. The first-order chi connectivity index (χ1) is 7.92. The van der Waals surface area contributed by atoms with Crippen molar-refractivity contribution in [2.75, 3.05) is 13.1 Å². The first-order valence-corrected chi connectivity index (χ1v) is 7.20. The molecule has 1 saturated heterocycles. The number of β-amino-alcohol motifs (C(OH)–C–C–N with tert-alkyl or cyclic N) is 1. The van der Waals surface area contributed by atoms with Crippen molar-refractivity contribution in [3.63, 3.8) is 0 Å². The standard InChI is InChI=1S/C11H16N2O3S/c1-12-5-4-10(6-12)17(15,16)13-7-11(14,8-13)9-2-3-9/h4-6,9,14H,2-3,7-8H2,1H3. The highest BCUT2D eigenvalue weighted by Gasteiger charge is 2.55. The molecule has 0 aromatic carbocycles. The second kappa shape index (κ2) is 3.34. The molecule has 0 amide bonds. The predicted molar refractivity (Wildman–Crippen MR) is 61.8 cm³/mol. The summed E-state index contributed by atoms with van der Waals surface area (Å²) in [5.74, 6) is 0.310. The van der Waals surface area contributed by atoms with E-state index in [1.807, 2.05) is 0 Å². The van der Waals surface area contributed by atoms with Gasteiger partial charge in [0.15, 0.2) is 0 Å². The Balaban J connectivity index is 1.78. The van der Waals surface area contributed by atoms with Crippen LogP contribution in [0.15, 0.2) is 23.4 Å². The van der Waals surface area contributed by atoms with Crippen LogP contribution in [-0.2, 0) is 17.1 Å². The predicted octanol–water partition coefficient (Wildman–Crippen LogP) is 0.170. The SMILES string of the molecule is Cn1ccc(S(=O)(=O)N2CC(O)(C3CC3)C2)c1. The average Bonchev–Trinajstić information content (AvgIpc) is 2.97. The van der Waals surface area contributed by atoms with Crippen LogP contribution in [0.25, 0.3) is 0 Å². The monoisotopic (exact) mass is 256 g/mol. The number of nitrogens with zero attached hydrogens (tertiary/aromatic N) is 2. The molecule has 1 aromatic rings. The maximum Gasteiger partial charge on any atom is 0.244 e. The normalized spacial score (nSPS) is 24.6. The van der Waals surface area contributed by atoms with Crippen LogP contribution < -0.4 is 0 Å². The van der Waals surface area contributed by atoms with E-state index in [0.717, 1.165) is 12.8 Å². The number of aliphatic hydroxyl groups is 1. The third-order valence-electron chi connectivity index (χ3n) is 3.68. The molecule has 0 unspecified atom stereocenters. The Kier molecular flexibility index (Phi) is 2.21. The van der Waals surface area contributed by atoms with E-state index in [4.69, 9.17) is 0 Å². The van der Waals surface area contributed by atoms with Gasteiger partial charge in [0, 0.05) is 32.5 Å². The van der Waals surface area contributed by atoms with Gasteiger partial charge in [-0.1, -0.05) is 0 Å². The van der Waals surface area contributed by atoms with Crippen LogP contribution in [0, 0.1) is 5.92 Å². The summed E-state index contributed by atoms with van der Waals surface area (Å²) in [6, 6.07) is 1.59. The van der Waals surface area contributed by atoms with E-state index in [-0.39, 0.29) is 13.1 Å². The van der Waals surface area contributed by atoms with Crippen LogP contribution in [0.2, 0.25) is 0 Å². The molecule has 1 aromatic heterocycles. The highest BCUT2D eigenvalue weighted by atomic mass is 32.2. The molecule has 3 rings (SSSR count). The smallest absolute Gasteiger partial charge is 0.244 e. The van der Waals surface area contributed by atoms with E-state index in [2.05, 4.69) is 0 Å². The molecule has 0 radical (unpaired) electrons. The largest absolute Gasteiger partial charge is 0.387 e. The van der Waals surface area contributed by atoms with Crippen molar-refractivity contribution in [3.8, 4) is 0 Å². The van der Waals surface area contributed by atoms with Gasteiger partial charge in [-0.25, -0.2) is 8.42 Å². The van der Waals surface area contributed by atoms with Gasteiger partial charge in [-0.05, 0) is 24.8 Å². The molecule has 0 bridgehead atoms. The second-order valence-corrected chi connectivity index (χ2v) is 7.10. The summed E-state index contributed by atoms with van der Waals surface area (Å²) < 4.78 is 27.4. The Hall–Kier alpha value is -0.850. The lowest BCUT2D eigenvalue weighted by atomic mass is 9.91. The first-order valence-electron chi connectivity index (χ1n) is 5.76. The molecular formula is C11H16N2O3S. The zero-order valence-corrected chi connectivity index (χ0v) is 10.5. The summed E-state index contributed by atoms with van der Waals surface area (Å²) in [5.41, 5.74) is -0.762. The number of hydrogen-bond donors (Lipinski definition) is 1. The zero-order chi connectivity index (χ0) is 12.3. The van der Waals surface area contributed by atoms with Crippen LogP contribution in [0.4, 0.5) is 0 Å². The Morgan fingerprint density at radius 1 is 1.41 bits per heavy atom. The van der Waals surface area contributed by atoms with Gasteiger partial charge in [0.05, 0.1) is 10.5 Å². The van der Waals surface area contributed by atoms with E-state index in [9.17, 15) is 13.5 Å². The summed E-state index contributed by atoms with van der Waals surface area (Å²) in [4.78, 5) is 0.304. The molecule has 94 valence electrons. The Labute approximate surface area is 101 Å². The van der Waals surface area contributed by atoms with Gasteiger partial charge in [0.1, 0.15) is 0 Å². The van der Waals surface area contributed by atoms with Crippen molar-refractivity contribution in [1.82, 2.24) is 8.87 Å². The number of aromatic nitrogens is 1. The van der Waals surface area contributed by atoms with Crippen LogP contribution in [0.3, 0.4) is 0 Å². The zero-order valence-electron chi connectivity index (χ0n) is 9.70. The molecule has 1 saturated carbocycles. The molecule has 6 heteroatoms. The molecule has 1 aliphatic heterocycles. The highest BCUT2D eigenvalue weighted by Crippen LogP contribution is 2.45. The first kappa shape index (κ1) is 11.3. The van der Waals surface area contributed by atoms with Crippen LogP contribution in [0.5, 0.6) is 0 Å². The van der Waals surface area contributed by atoms with Gasteiger partial charge in [0.25, 0.3) is 0 Å². The molecule has 17 heavy (non-hydrogen) atoms. The van der Waals surface area contributed by atoms with Crippen molar-refractivity contribution in [1.29, 1.82) is 0 Å². The summed E-state index contributed by atoms with van der Waals surface area (Å²) in [6.07, 6.45) is 5.34. The molecule has 1 N–H and O–H groups in total. The van der Waals surface area contributed by atoms with E-state index in [0.29, 0.717) is 10.8 Å². The maximum absolute atomic E-state index is 12.2. The minimum absolute atomic E-state index is 0.245. The fourth-order valence-corrected chi connectivity index (χ4v) is 4.01. The Morgan fingerprint density at radius 3 is 2.53 bits per heavy atom. The van der Waals surface area contributed by atoms with Crippen LogP contribution >= 0.6 is 0 Å². The fourth-order valence-electron chi connectivity index (χ4n) is 2.39. The molecular weight excluding hydrogens is 240 g/mol. The number of hydrogen-bond acceptors (Lipinski definition) is 3. The van der Waals surface area contributed by atoms with Crippen molar-refractivity contribution in [2.24, 2.45) is 13.0 Å². The Morgan fingerprint density at radius 2 is 2.06 bits per heavy atom. The lowest BCUT2D eigenvalue weighted by Gasteiger charge is -2.45. The van der Waals surface area contributed by atoms with Gasteiger partial charge >= 0.3 is 0 Å². The number of rotatable bonds is 3. The molecule has 0 spiro atoms. The lowest BCUT2D eigenvalue weighted by molar-refractivity contribution is -0.0764. The average molecular weight is 256 g/mol. The molecule has 0 atom stereocenters. The van der Waals surface area contributed by atoms with E-state index < -0.39 is 15.6 Å². The van der Waals surface area contributed by atoms with Crippen molar-refractivity contribution < 1.29 is 13.5 Å². The van der Waals surface area contributed by atoms with E-state index >= 15 is 0 Å². The Bertz CT molecular complexity index is 539. The van der Waals surface area contributed by atoms with Crippen molar-refractivity contribution in [3.05, 3.63) is 18.5 Å². The summed E-state index contributed by atoms with van der Waals surface area (Å²) in [7, 11) is -1.62. The summed E-state index contributed by atoms with van der Waals surface area (Å²) in [6.45, 7) is 0.490. The highest BCUT2D eigenvalue weighted by molar-refractivity contribution is 7.89. The third kappa shape index (κ3) is 1.71. The summed E-state index contributed by atoms with van der Waals surface area (Å²) in [5, 5.41) is 10.1. The number of sulfonamides is 1. The molecule has 5 nitrogen and oxygen atoms in total. The van der Waals surface area contributed by atoms with E-state index in [1.165, 1.54) is 4.31 Å². The van der Waals surface area contributed by atoms with Gasteiger partial charge in [-0.15, -0.1) is 0 Å². The molecule has 2 fully saturated rings. The molecule has 1 aliphatic carbocycles. The second-order valence-electron chi connectivity index (χ2n) is 5.16. The number of aryl methyl sites for hydroxylation is 1. The fraction of sp³-hybridized carbons (Fsp3) is 0.636. The maximum atomic E-state index is 12.2. The van der Waals surface area contributed by atoms with Crippen molar-refractivity contribution >= 4 is 10.0 Å². The third-order valence-corrected chi connectivity index (χ3v) is 5.46. The van der Waals surface area contributed by atoms with E-state index in [1.54, 1.807) is 30.1 Å². The quantitative estimate of drug-likeness (QED) is 0.838. The van der Waals surface area contributed by atoms with Crippen LogP contribution in [-0.4, -0.2) is 41.1 Å². The van der Waals surface area contributed by atoms with Crippen molar-refractivity contribution in [2.45, 2.75) is 23.3 Å². The topological polar surface area (TPSA) is 62.5 Å². The van der Waals surface area contributed by atoms with Gasteiger partial charge in [0.2, 0.25) is 10.0 Å². The minimum Gasteiger partial charge on any atom is -0.387 e. The van der Waals surface area contributed by atoms with Gasteiger partial charge < -0.3 is 9.67 Å².